The van der Waals surface area contributed by atoms with Crippen LogP contribution >= 0.6 is 0 Å². The Morgan fingerprint density at radius 3 is 2.50 bits per heavy atom. The van der Waals surface area contributed by atoms with Crippen molar-refractivity contribution in [2.75, 3.05) is 0 Å². The lowest BCUT2D eigenvalue weighted by Crippen LogP contribution is -2.01. The highest BCUT2D eigenvalue weighted by Gasteiger charge is 2.10. The lowest BCUT2D eigenvalue weighted by atomic mass is 10.0. The largest absolute Gasteiger partial charge is 0.508 e. The molecule has 0 saturated carbocycles. The van der Waals surface area contributed by atoms with Gasteiger partial charge in [0, 0.05) is 11.6 Å². The highest BCUT2D eigenvalue weighted by molar-refractivity contribution is 6.06. The first-order valence-corrected chi connectivity index (χ1v) is 6.97. The van der Waals surface area contributed by atoms with Gasteiger partial charge in [-0.05, 0) is 35.0 Å². The summed E-state index contributed by atoms with van der Waals surface area (Å²) < 4.78 is 5.90. The fourth-order valence-corrected chi connectivity index (χ4v) is 2.72. The Kier molecular flexibility index (Phi) is 2.73. The molecule has 0 amide bonds. The molecule has 0 aliphatic heterocycles. The Morgan fingerprint density at radius 2 is 1.68 bits per heavy atom. The monoisotopic (exact) mass is 288 g/mol. The summed E-state index contributed by atoms with van der Waals surface area (Å²) in [7, 11) is 0. The van der Waals surface area contributed by atoms with E-state index in [1.165, 1.54) is 6.07 Å². The van der Waals surface area contributed by atoms with Gasteiger partial charge in [0.1, 0.15) is 17.1 Å². The van der Waals surface area contributed by atoms with Crippen LogP contribution in [0, 0.1) is 0 Å². The van der Waals surface area contributed by atoms with Crippen molar-refractivity contribution in [1.29, 1.82) is 0 Å². The van der Waals surface area contributed by atoms with E-state index in [2.05, 4.69) is 0 Å². The van der Waals surface area contributed by atoms with Crippen molar-refractivity contribution >= 4 is 21.7 Å². The fourth-order valence-electron chi connectivity index (χ4n) is 2.72. The van der Waals surface area contributed by atoms with Gasteiger partial charge in [0.25, 0.3) is 0 Å². The summed E-state index contributed by atoms with van der Waals surface area (Å²) in [5.74, 6) is 0.730. The molecule has 0 bridgehead atoms. The molecule has 0 radical (unpaired) electrons. The Balaban J connectivity index is 2.07. The molecular weight excluding hydrogens is 276 g/mol. The number of fused-ring (bicyclic) bond motifs is 3. The second-order valence-corrected chi connectivity index (χ2v) is 5.19. The summed E-state index contributed by atoms with van der Waals surface area (Å²) in [4.78, 5) is 12.5. The number of rotatable bonds is 1. The van der Waals surface area contributed by atoms with Gasteiger partial charge in [-0.3, -0.25) is 4.79 Å². The zero-order chi connectivity index (χ0) is 15.1. The molecule has 3 nitrogen and oxygen atoms in total. The summed E-state index contributed by atoms with van der Waals surface area (Å²) in [6, 6.07) is 19.6. The predicted octanol–water partition coefficient (Wildman–Crippen LogP) is 4.32. The van der Waals surface area contributed by atoms with Crippen molar-refractivity contribution in [3.05, 3.63) is 77.0 Å². The van der Waals surface area contributed by atoms with Crippen LogP contribution in [0.1, 0.15) is 0 Å². The SMILES string of the molecule is O=c1cc(-c2ccccc2)oc2ccc3cc(O)ccc3c12. The molecule has 1 heterocycles. The third-order valence-electron chi connectivity index (χ3n) is 3.75. The molecule has 0 spiro atoms. The van der Waals surface area contributed by atoms with Crippen molar-refractivity contribution in [1.82, 2.24) is 0 Å². The minimum absolute atomic E-state index is 0.0867. The second-order valence-electron chi connectivity index (χ2n) is 5.19. The molecule has 4 aromatic rings. The van der Waals surface area contributed by atoms with Gasteiger partial charge < -0.3 is 9.52 Å². The van der Waals surface area contributed by atoms with Gasteiger partial charge in [0.2, 0.25) is 0 Å². The third kappa shape index (κ3) is 1.95. The Hall–Kier alpha value is -3.07. The van der Waals surface area contributed by atoms with E-state index in [-0.39, 0.29) is 11.2 Å². The number of phenolic OH excluding ortho intramolecular Hbond substituents is 1. The van der Waals surface area contributed by atoms with E-state index in [0.29, 0.717) is 16.7 Å². The second kappa shape index (κ2) is 4.74. The van der Waals surface area contributed by atoms with Crippen LogP contribution in [0.15, 0.2) is 75.9 Å². The van der Waals surface area contributed by atoms with Crippen LogP contribution < -0.4 is 5.43 Å². The highest BCUT2D eigenvalue weighted by atomic mass is 16.3. The molecule has 0 saturated heterocycles. The van der Waals surface area contributed by atoms with E-state index < -0.39 is 0 Å². The average Bonchev–Trinajstić information content (AvgIpc) is 2.55. The van der Waals surface area contributed by atoms with E-state index in [9.17, 15) is 9.90 Å². The van der Waals surface area contributed by atoms with Crippen LogP contribution in [0.5, 0.6) is 5.75 Å². The molecule has 0 aliphatic carbocycles. The topological polar surface area (TPSA) is 50.4 Å². The molecule has 1 aromatic heterocycles. The van der Waals surface area contributed by atoms with E-state index >= 15 is 0 Å². The number of hydrogen-bond acceptors (Lipinski definition) is 3. The maximum atomic E-state index is 12.5. The zero-order valence-corrected chi connectivity index (χ0v) is 11.6. The Labute approximate surface area is 126 Å². The summed E-state index contributed by atoms with van der Waals surface area (Å²) >= 11 is 0. The van der Waals surface area contributed by atoms with E-state index in [1.54, 1.807) is 24.3 Å². The van der Waals surface area contributed by atoms with Gasteiger partial charge in [-0.25, -0.2) is 0 Å². The Morgan fingerprint density at radius 1 is 0.864 bits per heavy atom. The van der Waals surface area contributed by atoms with Crippen LogP contribution in [0.2, 0.25) is 0 Å². The van der Waals surface area contributed by atoms with Crippen LogP contribution in [0.25, 0.3) is 33.1 Å². The lowest BCUT2D eigenvalue weighted by Gasteiger charge is -2.06. The highest BCUT2D eigenvalue weighted by Crippen LogP contribution is 2.28. The molecule has 0 fully saturated rings. The summed E-state index contributed by atoms with van der Waals surface area (Å²) in [6.45, 7) is 0. The smallest absolute Gasteiger partial charge is 0.193 e. The van der Waals surface area contributed by atoms with Crippen LogP contribution in [0.4, 0.5) is 0 Å². The molecule has 22 heavy (non-hydrogen) atoms. The maximum absolute atomic E-state index is 12.5. The molecule has 3 aromatic carbocycles. The zero-order valence-electron chi connectivity index (χ0n) is 11.6. The van der Waals surface area contributed by atoms with Crippen molar-refractivity contribution in [3.8, 4) is 17.1 Å². The van der Waals surface area contributed by atoms with Crippen molar-refractivity contribution < 1.29 is 9.52 Å². The molecule has 0 aliphatic rings. The molecule has 4 rings (SSSR count). The van der Waals surface area contributed by atoms with E-state index in [0.717, 1.165) is 16.3 Å². The van der Waals surface area contributed by atoms with Crippen molar-refractivity contribution in [2.45, 2.75) is 0 Å². The molecule has 1 N–H and O–H groups in total. The first-order chi connectivity index (χ1) is 10.7. The van der Waals surface area contributed by atoms with E-state index in [1.807, 2.05) is 36.4 Å². The van der Waals surface area contributed by atoms with Gasteiger partial charge in [-0.1, -0.05) is 36.4 Å². The standard InChI is InChI=1S/C19H12O3/c20-14-7-8-15-13(10-14)6-9-17-19(15)16(21)11-18(22-17)12-4-2-1-3-5-12/h1-11,20H. The van der Waals surface area contributed by atoms with Gasteiger partial charge >= 0.3 is 0 Å². The average molecular weight is 288 g/mol. The number of aromatic hydroxyl groups is 1. The third-order valence-corrected chi connectivity index (χ3v) is 3.75. The lowest BCUT2D eigenvalue weighted by molar-refractivity contribution is 0.476. The minimum Gasteiger partial charge on any atom is -0.508 e. The predicted molar refractivity (Wildman–Crippen MR) is 87.1 cm³/mol. The molecule has 0 unspecified atom stereocenters. The number of phenols is 1. The summed E-state index contributed by atoms with van der Waals surface area (Å²) in [5, 5.41) is 11.7. The first kappa shape index (κ1) is 12.7. The molecular formula is C19H12O3. The number of hydrogen-bond donors (Lipinski definition) is 1. The molecule has 3 heteroatoms. The maximum Gasteiger partial charge on any atom is 0.193 e. The summed E-state index contributed by atoms with van der Waals surface area (Å²) in [5.41, 5.74) is 1.33. The minimum atomic E-state index is -0.0867. The van der Waals surface area contributed by atoms with Gasteiger partial charge in [0.15, 0.2) is 5.43 Å². The van der Waals surface area contributed by atoms with Crippen molar-refractivity contribution in [2.24, 2.45) is 0 Å². The summed E-state index contributed by atoms with van der Waals surface area (Å²) in [6.07, 6.45) is 0. The van der Waals surface area contributed by atoms with Gasteiger partial charge in [0.05, 0.1) is 5.39 Å². The normalized spacial score (nSPS) is 11.1. The van der Waals surface area contributed by atoms with Crippen molar-refractivity contribution in [3.63, 3.8) is 0 Å². The van der Waals surface area contributed by atoms with E-state index in [4.69, 9.17) is 4.42 Å². The van der Waals surface area contributed by atoms with Crippen LogP contribution in [-0.2, 0) is 0 Å². The van der Waals surface area contributed by atoms with Gasteiger partial charge in [-0.2, -0.15) is 0 Å². The Bertz CT molecular complexity index is 1050. The number of benzene rings is 3. The molecule has 106 valence electrons. The molecule has 0 atom stereocenters. The van der Waals surface area contributed by atoms with Gasteiger partial charge in [-0.15, -0.1) is 0 Å². The first-order valence-electron chi connectivity index (χ1n) is 6.97. The van der Waals surface area contributed by atoms with Crippen LogP contribution in [0.3, 0.4) is 0 Å². The van der Waals surface area contributed by atoms with Crippen LogP contribution in [-0.4, -0.2) is 5.11 Å². The quantitative estimate of drug-likeness (QED) is 0.531. The fraction of sp³-hybridized carbons (Fsp3) is 0.